The van der Waals surface area contributed by atoms with Crippen LogP contribution in [0, 0.1) is 5.82 Å². The zero-order valence-corrected chi connectivity index (χ0v) is 14.1. The molecule has 2 N–H and O–H groups in total. The van der Waals surface area contributed by atoms with Crippen LogP contribution in [0.2, 0.25) is 0 Å². The van der Waals surface area contributed by atoms with Gasteiger partial charge in [0.05, 0.1) is 3.79 Å². The summed E-state index contributed by atoms with van der Waals surface area (Å²) in [5.41, 5.74) is 4.44. The number of ether oxygens (including phenoxy) is 1. The lowest BCUT2D eigenvalue weighted by atomic mass is 10.3. The molecule has 0 unspecified atom stereocenters. The Bertz CT molecular complexity index is 716. The fourth-order valence-electron chi connectivity index (χ4n) is 1.46. The van der Waals surface area contributed by atoms with Gasteiger partial charge in [-0.2, -0.15) is 0 Å². The lowest BCUT2D eigenvalue weighted by Gasteiger charge is -2.07. The summed E-state index contributed by atoms with van der Waals surface area (Å²) in [4.78, 5) is 24.0. The predicted molar refractivity (Wildman–Crippen MR) is 89.2 cm³/mol. The average molecular weight is 399 g/mol. The molecule has 8 heteroatoms. The molecule has 0 spiro atoms. The van der Waals surface area contributed by atoms with Gasteiger partial charge in [-0.3, -0.25) is 20.4 Å². The van der Waals surface area contributed by atoms with E-state index in [2.05, 4.69) is 26.8 Å². The van der Waals surface area contributed by atoms with Gasteiger partial charge < -0.3 is 4.74 Å². The first-order chi connectivity index (χ1) is 11.0. The van der Waals surface area contributed by atoms with E-state index in [1.807, 2.05) is 12.1 Å². The van der Waals surface area contributed by atoms with E-state index >= 15 is 0 Å². The first-order valence-corrected chi connectivity index (χ1v) is 8.04. The van der Waals surface area contributed by atoms with Gasteiger partial charge in [0.15, 0.2) is 6.61 Å². The van der Waals surface area contributed by atoms with Crippen molar-refractivity contribution in [3.05, 3.63) is 57.0 Å². The topological polar surface area (TPSA) is 67.4 Å². The Labute approximate surface area is 144 Å². The second-order valence-electron chi connectivity index (χ2n) is 4.26. The highest BCUT2D eigenvalue weighted by atomic mass is 79.9. The lowest BCUT2D eigenvalue weighted by molar-refractivity contribution is -0.128. The summed E-state index contributed by atoms with van der Waals surface area (Å²) in [5.74, 6) is -1.03. The van der Waals surface area contributed by atoms with Crippen LogP contribution < -0.4 is 15.6 Å². The Kier molecular flexibility index (Phi) is 6.30. The normalized spacial score (nSPS) is 10.5. The molecular formula is C15H12BrFN2O3S. The minimum atomic E-state index is -0.532. The Morgan fingerprint density at radius 1 is 1.17 bits per heavy atom. The number of hydrazine groups is 1. The summed E-state index contributed by atoms with van der Waals surface area (Å²) in [7, 11) is 0. The van der Waals surface area contributed by atoms with E-state index < -0.39 is 17.6 Å². The van der Waals surface area contributed by atoms with Gasteiger partial charge >= 0.3 is 0 Å². The third-order valence-corrected chi connectivity index (χ3v) is 4.09. The van der Waals surface area contributed by atoms with Crippen LogP contribution >= 0.6 is 27.3 Å². The SMILES string of the molecule is O=C(/C=C/c1ccc(Br)s1)NNC(=O)COc1ccc(F)cc1. The van der Waals surface area contributed by atoms with Gasteiger partial charge in [-0.05, 0) is 58.4 Å². The van der Waals surface area contributed by atoms with Gasteiger partial charge in [0.25, 0.3) is 11.8 Å². The van der Waals surface area contributed by atoms with Gasteiger partial charge in [0, 0.05) is 11.0 Å². The van der Waals surface area contributed by atoms with Crippen LogP contribution in [-0.2, 0) is 9.59 Å². The van der Waals surface area contributed by atoms with Crippen molar-refractivity contribution in [3.8, 4) is 5.75 Å². The fraction of sp³-hybridized carbons (Fsp3) is 0.0667. The third kappa shape index (κ3) is 6.21. The minimum absolute atomic E-state index is 0.298. The summed E-state index contributed by atoms with van der Waals surface area (Å²) in [5, 5.41) is 0. The Hall–Kier alpha value is -2.19. The number of halogens is 2. The van der Waals surface area contributed by atoms with Crippen LogP contribution in [0.1, 0.15) is 4.88 Å². The second-order valence-corrected chi connectivity index (χ2v) is 6.75. The number of amides is 2. The van der Waals surface area contributed by atoms with Crippen molar-refractivity contribution in [1.82, 2.24) is 10.9 Å². The fourth-order valence-corrected chi connectivity index (χ4v) is 2.79. The van der Waals surface area contributed by atoms with Crippen molar-refractivity contribution in [2.24, 2.45) is 0 Å². The highest BCUT2D eigenvalue weighted by Crippen LogP contribution is 2.22. The molecule has 0 bridgehead atoms. The molecule has 120 valence electrons. The number of thiophene rings is 1. The molecular weight excluding hydrogens is 387 g/mol. The number of carbonyl (C=O) groups is 2. The van der Waals surface area contributed by atoms with E-state index in [9.17, 15) is 14.0 Å². The molecule has 0 saturated carbocycles. The summed E-state index contributed by atoms with van der Waals surface area (Å²) in [6.45, 7) is -0.298. The smallest absolute Gasteiger partial charge is 0.276 e. The molecule has 2 rings (SSSR count). The van der Waals surface area contributed by atoms with Gasteiger partial charge in [-0.15, -0.1) is 11.3 Å². The molecule has 0 radical (unpaired) electrons. The Morgan fingerprint density at radius 2 is 1.91 bits per heavy atom. The van der Waals surface area contributed by atoms with Gasteiger partial charge in [-0.1, -0.05) is 0 Å². The molecule has 23 heavy (non-hydrogen) atoms. The molecule has 1 heterocycles. The van der Waals surface area contributed by atoms with Crippen molar-refractivity contribution in [3.63, 3.8) is 0 Å². The van der Waals surface area contributed by atoms with Crippen LogP contribution in [0.5, 0.6) is 5.75 Å². The molecule has 2 amide bonds. The van der Waals surface area contributed by atoms with Crippen molar-refractivity contribution in [2.45, 2.75) is 0 Å². The molecule has 0 aliphatic rings. The minimum Gasteiger partial charge on any atom is -0.484 e. The summed E-state index contributed by atoms with van der Waals surface area (Å²) >= 11 is 4.80. The lowest BCUT2D eigenvalue weighted by Crippen LogP contribution is -2.43. The number of rotatable bonds is 5. The predicted octanol–water partition coefficient (Wildman–Crippen LogP) is 2.89. The maximum atomic E-state index is 12.7. The van der Waals surface area contributed by atoms with Crippen LogP contribution in [0.25, 0.3) is 6.08 Å². The molecule has 0 saturated heterocycles. The van der Waals surface area contributed by atoms with Crippen molar-refractivity contribution < 1.29 is 18.7 Å². The largest absolute Gasteiger partial charge is 0.484 e. The van der Waals surface area contributed by atoms with E-state index in [-0.39, 0.29) is 6.61 Å². The monoisotopic (exact) mass is 398 g/mol. The van der Waals surface area contributed by atoms with E-state index in [0.717, 1.165) is 8.66 Å². The molecule has 0 fully saturated rings. The molecule has 0 aliphatic carbocycles. The van der Waals surface area contributed by atoms with Crippen molar-refractivity contribution >= 4 is 45.2 Å². The highest BCUT2D eigenvalue weighted by molar-refractivity contribution is 9.11. The molecule has 0 atom stereocenters. The van der Waals surface area contributed by atoms with Crippen molar-refractivity contribution in [1.29, 1.82) is 0 Å². The van der Waals surface area contributed by atoms with E-state index in [4.69, 9.17) is 4.74 Å². The number of carbonyl (C=O) groups excluding carboxylic acids is 2. The maximum absolute atomic E-state index is 12.7. The molecule has 0 aliphatic heterocycles. The molecule has 1 aromatic carbocycles. The number of benzene rings is 1. The first kappa shape index (κ1) is 17.2. The van der Waals surface area contributed by atoms with Gasteiger partial charge in [-0.25, -0.2) is 4.39 Å². The number of hydrogen-bond donors (Lipinski definition) is 2. The first-order valence-electron chi connectivity index (χ1n) is 6.43. The van der Waals surface area contributed by atoms with Crippen LogP contribution in [0.4, 0.5) is 4.39 Å². The molecule has 1 aromatic heterocycles. The zero-order valence-electron chi connectivity index (χ0n) is 11.7. The van der Waals surface area contributed by atoms with Crippen LogP contribution in [-0.4, -0.2) is 18.4 Å². The van der Waals surface area contributed by atoms with Gasteiger partial charge in [0.1, 0.15) is 11.6 Å². The quantitative estimate of drug-likeness (QED) is 0.600. The highest BCUT2D eigenvalue weighted by Gasteiger charge is 2.04. The maximum Gasteiger partial charge on any atom is 0.276 e. The Morgan fingerprint density at radius 3 is 2.57 bits per heavy atom. The summed E-state index contributed by atoms with van der Waals surface area (Å²) in [6, 6.07) is 8.99. The number of nitrogens with one attached hydrogen (secondary N) is 2. The van der Waals surface area contributed by atoms with E-state index in [1.54, 1.807) is 6.08 Å². The Balaban J connectivity index is 1.70. The second kappa shape index (κ2) is 8.44. The van der Waals surface area contributed by atoms with Gasteiger partial charge in [0.2, 0.25) is 0 Å². The average Bonchev–Trinajstić information content (AvgIpc) is 2.96. The van der Waals surface area contributed by atoms with E-state index in [1.165, 1.54) is 41.7 Å². The van der Waals surface area contributed by atoms with Crippen molar-refractivity contribution in [2.75, 3.05) is 6.61 Å². The zero-order chi connectivity index (χ0) is 16.7. The van der Waals surface area contributed by atoms with Crippen LogP contribution in [0.15, 0.2) is 46.3 Å². The van der Waals surface area contributed by atoms with E-state index in [0.29, 0.717) is 5.75 Å². The summed E-state index contributed by atoms with van der Waals surface area (Å²) in [6.07, 6.45) is 2.94. The number of hydrogen-bond acceptors (Lipinski definition) is 4. The standard InChI is InChI=1S/C15H12BrFN2O3S/c16-13-7-5-12(23-13)6-8-14(20)18-19-15(21)9-22-11-3-1-10(17)2-4-11/h1-8H,9H2,(H,18,20)(H,19,21)/b8-6+. The molecule has 5 nitrogen and oxygen atoms in total. The summed E-state index contributed by atoms with van der Waals surface area (Å²) < 4.78 is 18.8. The molecule has 2 aromatic rings. The van der Waals surface area contributed by atoms with Crippen LogP contribution in [0.3, 0.4) is 0 Å². The third-order valence-electron chi connectivity index (χ3n) is 2.50.